The lowest BCUT2D eigenvalue weighted by atomic mass is 10.0. The summed E-state index contributed by atoms with van der Waals surface area (Å²) in [6, 6.07) is 17.9. The van der Waals surface area contributed by atoms with Gasteiger partial charge in [-0.3, -0.25) is 10.3 Å². The van der Waals surface area contributed by atoms with Crippen LogP contribution >= 0.6 is 0 Å². The molecule has 5 nitrogen and oxygen atoms in total. The number of nitrogens with zero attached hydrogens (tertiary/aromatic N) is 1. The van der Waals surface area contributed by atoms with Crippen LogP contribution < -0.4 is 11.3 Å². The average molecular weight is 269 g/mol. The lowest BCUT2D eigenvalue weighted by Gasteiger charge is -2.04. The van der Waals surface area contributed by atoms with E-state index in [4.69, 9.17) is 5.84 Å². The second-order valence-electron chi connectivity index (χ2n) is 4.14. The smallest absolute Gasteiger partial charge is 0.297 e. The largest absolute Gasteiger partial charge is 0.447 e. The number of nitrogens with two attached hydrogens (primary N) is 1. The van der Waals surface area contributed by atoms with Gasteiger partial charge in [0, 0.05) is 0 Å². The molecule has 2 rings (SSSR count). The molecule has 0 radical (unpaired) electrons. The van der Waals surface area contributed by atoms with Crippen molar-refractivity contribution in [2.75, 3.05) is 0 Å². The zero-order valence-electron chi connectivity index (χ0n) is 11.0. The summed E-state index contributed by atoms with van der Waals surface area (Å²) in [5.41, 5.74) is 5.55. The second kappa shape index (κ2) is 6.49. The first kappa shape index (κ1) is 13.8. The highest BCUT2D eigenvalue weighted by atomic mass is 16.7. The van der Waals surface area contributed by atoms with Crippen molar-refractivity contribution in [2.45, 2.75) is 6.92 Å². The molecule has 0 saturated carbocycles. The Kier molecular flexibility index (Phi) is 4.47. The maximum Gasteiger partial charge on any atom is 0.447 e. The first-order valence-electron chi connectivity index (χ1n) is 6.09. The lowest BCUT2D eigenvalue weighted by molar-refractivity contribution is 0.151. The molecule has 0 saturated heterocycles. The van der Waals surface area contributed by atoms with Crippen LogP contribution in [-0.4, -0.2) is 11.8 Å². The topological polar surface area (TPSA) is 76.7 Å². The molecule has 2 aromatic carbocycles. The summed E-state index contributed by atoms with van der Waals surface area (Å²) in [4.78, 5) is 15.4. The molecule has 3 N–H and O–H groups in total. The fourth-order valence-corrected chi connectivity index (χ4v) is 1.72. The molecule has 0 aliphatic heterocycles. The van der Waals surface area contributed by atoms with Crippen LogP contribution in [0.1, 0.15) is 12.5 Å². The molecule has 0 aliphatic rings. The monoisotopic (exact) mass is 269 g/mol. The first-order valence-corrected chi connectivity index (χ1v) is 6.09. The minimum Gasteiger partial charge on any atom is -0.297 e. The SMILES string of the molecule is CC(=NOC(=O)NN)c1ccc(-c2ccccc2)cc1. The maximum absolute atomic E-state index is 10.8. The number of nitrogens with one attached hydrogen (secondary N) is 1. The number of hydrogen-bond acceptors (Lipinski definition) is 4. The minimum absolute atomic E-state index is 0.591. The van der Waals surface area contributed by atoms with E-state index in [9.17, 15) is 4.79 Å². The number of carbonyl (C=O) groups is 1. The Hall–Kier alpha value is -2.66. The van der Waals surface area contributed by atoms with Gasteiger partial charge in [0.25, 0.3) is 0 Å². The van der Waals surface area contributed by atoms with Gasteiger partial charge in [0.2, 0.25) is 0 Å². The van der Waals surface area contributed by atoms with E-state index in [2.05, 4.69) is 9.99 Å². The molecule has 0 heterocycles. The van der Waals surface area contributed by atoms with Crippen LogP contribution in [-0.2, 0) is 4.84 Å². The molecule has 0 atom stereocenters. The number of oxime groups is 1. The van der Waals surface area contributed by atoms with Crippen molar-refractivity contribution in [1.29, 1.82) is 0 Å². The third-order valence-corrected chi connectivity index (χ3v) is 2.79. The fourth-order valence-electron chi connectivity index (χ4n) is 1.72. The van der Waals surface area contributed by atoms with E-state index in [1.807, 2.05) is 60.0 Å². The van der Waals surface area contributed by atoms with Crippen LogP contribution in [0.3, 0.4) is 0 Å². The Balaban J connectivity index is 2.14. The highest BCUT2D eigenvalue weighted by Crippen LogP contribution is 2.19. The van der Waals surface area contributed by atoms with Crippen LogP contribution in [0.4, 0.5) is 4.79 Å². The molecule has 20 heavy (non-hydrogen) atoms. The number of carbonyl (C=O) groups excluding carboxylic acids is 1. The molecule has 0 aliphatic carbocycles. The van der Waals surface area contributed by atoms with Gasteiger partial charge in [0.05, 0.1) is 5.71 Å². The normalized spacial score (nSPS) is 11.0. The van der Waals surface area contributed by atoms with E-state index in [1.165, 1.54) is 0 Å². The number of rotatable bonds is 3. The molecule has 102 valence electrons. The molecule has 2 aromatic rings. The highest BCUT2D eigenvalue weighted by molar-refractivity contribution is 5.99. The summed E-state index contributed by atoms with van der Waals surface area (Å²) >= 11 is 0. The van der Waals surface area contributed by atoms with E-state index >= 15 is 0 Å². The fraction of sp³-hybridized carbons (Fsp3) is 0.0667. The molecule has 5 heteroatoms. The van der Waals surface area contributed by atoms with Gasteiger partial charge in [0.15, 0.2) is 0 Å². The van der Waals surface area contributed by atoms with Gasteiger partial charge in [-0.1, -0.05) is 59.8 Å². The Labute approximate surface area is 117 Å². The standard InChI is InChI=1S/C15H15N3O2/c1-11(18-20-15(19)17-16)12-7-9-14(10-8-12)13-5-3-2-4-6-13/h2-10H,16H2,1H3,(H,17,19). The van der Waals surface area contributed by atoms with Crippen molar-refractivity contribution >= 4 is 11.8 Å². The Morgan fingerprint density at radius 1 is 1.05 bits per heavy atom. The minimum atomic E-state index is -0.801. The van der Waals surface area contributed by atoms with Crippen molar-refractivity contribution in [1.82, 2.24) is 5.43 Å². The van der Waals surface area contributed by atoms with E-state index < -0.39 is 6.09 Å². The predicted molar refractivity (Wildman–Crippen MR) is 77.9 cm³/mol. The number of amides is 1. The summed E-state index contributed by atoms with van der Waals surface area (Å²) in [7, 11) is 0. The first-order chi connectivity index (χ1) is 9.70. The van der Waals surface area contributed by atoms with Crippen LogP contribution in [0, 0.1) is 0 Å². The van der Waals surface area contributed by atoms with Crippen molar-refractivity contribution in [3.05, 3.63) is 60.2 Å². The Bertz CT molecular complexity index is 607. The lowest BCUT2D eigenvalue weighted by Crippen LogP contribution is -2.29. The van der Waals surface area contributed by atoms with Crippen LogP contribution in [0.2, 0.25) is 0 Å². The van der Waals surface area contributed by atoms with Crippen molar-refractivity contribution in [3.63, 3.8) is 0 Å². The van der Waals surface area contributed by atoms with Crippen LogP contribution in [0.25, 0.3) is 11.1 Å². The molecule has 0 aromatic heterocycles. The van der Waals surface area contributed by atoms with E-state index in [0.717, 1.165) is 16.7 Å². The van der Waals surface area contributed by atoms with E-state index in [-0.39, 0.29) is 0 Å². The number of hydrogen-bond donors (Lipinski definition) is 2. The van der Waals surface area contributed by atoms with Gasteiger partial charge >= 0.3 is 6.09 Å². The zero-order chi connectivity index (χ0) is 14.4. The number of hydrazine groups is 1. The predicted octanol–water partition coefficient (Wildman–Crippen LogP) is 2.68. The van der Waals surface area contributed by atoms with E-state index in [0.29, 0.717) is 5.71 Å². The average Bonchev–Trinajstić information content (AvgIpc) is 2.53. The molecular weight excluding hydrogens is 254 g/mol. The van der Waals surface area contributed by atoms with Gasteiger partial charge < -0.3 is 0 Å². The second-order valence-corrected chi connectivity index (χ2v) is 4.14. The van der Waals surface area contributed by atoms with Gasteiger partial charge in [-0.15, -0.1) is 0 Å². The van der Waals surface area contributed by atoms with Crippen LogP contribution in [0.15, 0.2) is 59.8 Å². The third kappa shape index (κ3) is 3.43. The summed E-state index contributed by atoms with van der Waals surface area (Å²) in [5.74, 6) is 4.89. The zero-order valence-corrected chi connectivity index (χ0v) is 11.0. The molecule has 0 unspecified atom stereocenters. The molecule has 1 amide bonds. The van der Waals surface area contributed by atoms with Crippen molar-refractivity contribution < 1.29 is 9.63 Å². The number of benzene rings is 2. The van der Waals surface area contributed by atoms with Crippen molar-refractivity contribution in [3.8, 4) is 11.1 Å². The third-order valence-electron chi connectivity index (χ3n) is 2.79. The Morgan fingerprint density at radius 2 is 1.65 bits per heavy atom. The summed E-state index contributed by atoms with van der Waals surface area (Å²) in [5, 5.41) is 3.69. The van der Waals surface area contributed by atoms with E-state index in [1.54, 1.807) is 6.92 Å². The van der Waals surface area contributed by atoms with Crippen molar-refractivity contribution in [2.24, 2.45) is 11.0 Å². The molecule has 0 fully saturated rings. The quantitative estimate of drug-likeness (QED) is 0.296. The van der Waals surface area contributed by atoms with Gasteiger partial charge in [0.1, 0.15) is 0 Å². The van der Waals surface area contributed by atoms with Crippen LogP contribution in [0.5, 0.6) is 0 Å². The molecule has 0 bridgehead atoms. The summed E-state index contributed by atoms with van der Waals surface area (Å²) < 4.78 is 0. The Morgan fingerprint density at radius 3 is 2.25 bits per heavy atom. The summed E-state index contributed by atoms with van der Waals surface area (Å²) in [6.45, 7) is 1.75. The maximum atomic E-state index is 10.8. The van der Waals surface area contributed by atoms with Gasteiger partial charge in [-0.05, 0) is 23.6 Å². The van der Waals surface area contributed by atoms with Gasteiger partial charge in [-0.2, -0.15) is 0 Å². The molecule has 0 spiro atoms. The highest BCUT2D eigenvalue weighted by Gasteiger charge is 2.02. The summed E-state index contributed by atoms with van der Waals surface area (Å²) in [6.07, 6.45) is -0.801. The molecular formula is C15H15N3O2. The van der Waals surface area contributed by atoms with Gasteiger partial charge in [-0.25, -0.2) is 10.6 Å².